The van der Waals surface area contributed by atoms with Gasteiger partial charge in [0.1, 0.15) is 4.90 Å². The minimum atomic E-state index is -4.23. The molecule has 0 saturated carbocycles. The molecule has 0 radical (unpaired) electrons. The number of nitrogens with zero attached hydrogens (tertiary/aromatic N) is 2. The van der Waals surface area contributed by atoms with Gasteiger partial charge in [-0.2, -0.15) is 0 Å². The van der Waals surface area contributed by atoms with Gasteiger partial charge in [0.05, 0.1) is 10.5 Å². The largest absolute Gasteiger partial charge is 0.342 e. The van der Waals surface area contributed by atoms with Gasteiger partial charge in [-0.1, -0.05) is 0 Å². The van der Waals surface area contributed by atoms with E-state index in [-0.39, 0.29) is 5.56 Å². The average molecular weight is 287 g/mol. The molecule has 0 fully saturated rings. The van der Waals surface area contributed by atoms with Crippen LogP contribution in [0.25, 0.3) is 0 Å². The van der Waals surface area contributed by atoms with E-state index >= 15 is 0 Å². The lowest BCUT2D eigenvalue weighted by molar-refractivity contribution is -0.385. The number of rotatable bonds is 4. The van der Waals surface area contributed by atoms with E-state index in [4.69, 9.17) is 5.14 Å². The second-order valence-electron chi connectivity index (χ2n) is 3.80. The van der Waals surface area contributed by atoms with E-state index in [1.54, 1.807) is 6.92 Å². The number of amides is 1. The summed E-state index contributed by atoms with van der Waals surface area (Å²) < 4.78 is 22.9. The molecule has 0 heterocycles. The summed E-state index contributed by atoms with van der Waals surface area (Å²) in [7, 11) is -2.75. The van der Waals surface area contributed by atoms with Crippen LogP contribution < -0.4 is 5.14 Å². The van der Waals surface area contributed by atoms with Crippen LogP contribution >= 0.6 is 0 Å². The number of hydrogen-bond acceptors (Lipinski definition) is 5. The SMILES string of the molecule is CCN(C)C(=O)c1ccc([N+](=O)[O-])cc1S(N)(=O)=O. The first-order chi connectivity index (χ1) is 8.68. The van der Waals surface area contributed by atoms with Crippen LogP contribution in [0.3, 0.4) is 0 Å². The van der Waals surface area contributed by atoms with Crippen molar-refractivity contribution in [2.24, 2.45) is 5.14 Å². The highest BCUT2D eigenvalue weighted by Gasteiger charge is 2.24. The Balaban J connectivity index is 3.49. The highest BCUT2D eigenvalue weighted by atomic mass is 32.2. The van der Waals surface area contributed by atoms with Crippen molar-refractivity contribution in [3.63, 3.8) is 0 Å². The highest BCUT2D eigenvalue weighted by molar-refractivity contribution is 7.89. The number of benzene rings is 1. The Bertz CT molecular complexity index is 626. The number of primary sulfonamides is 1. The third kappa shape index (κ3) is 3.26. The van der Waals surface area contributed by atoms with Crippen molar-refractivity contribution in [2.75, 3.05) is 13.6 Å². The maximum Gasteiger partial charge on any atom is 0.270 e. The molecule has 9 heteroatoms. The van der Waals surface area contributed by atoms with Gasteiger partial charge in [-0.15, -0.1) is 0 Å². The first-order valence-corrected chi connectivity index (χ1v) is 6.79. The minimum absolute atomic E-state index is 0.183. The van der Waals surface area contributed by atoms with Crippen molar-refractivity contribution in [2.45, 2.75) is 11.8 Å². The zero-order chi connectivity index (χ0) is 14.8. The van der Waals surface area contributed by atoms with E-state index in [2.05, 4.69) is 0 Å². The highest BCUT2D eigenvalue weighted by Crippen LogP contribution is 2.22. The molecule has 19 heavy (non-hydrogen) atoms. The maximum absolute atomic E-state index is 12.0. The van der Waals surface area contributed by atoms with E-state index in [1.165, 1.54) is 11.9 Å². The molecule has 0 aromatic heterocycles. The maximum atomic E-state index is 12.0. The normalized spacial score (nSPS) is 11.1. The van der Waals surface area contributed by atoms with E-state index in [1.807, 2.05) is 0 Å². The lowest BCUT2D eigenvalue weighted by Gasteiger charge is -2.16. The number of carbonyl (C=O) groups is 1. The standard InChI is InChI=1S/C10H13N3O5S/c1-3-12(2)10(14)8-5-4-7(13(15)16)6-9(8)19(11,17)18/h4-6H,3H2,1-2H3,(H2,11,17,18). The molecular formula is C10H13N3O5S. The molecule has 0 aliphatic heterocycles. The summed E-state index contributed by atoms with van der Waals surface area (Å²) in [6, 6.07) is 2.93. The Morgan fingerprint density at radius 3 is 2.47 bits per heavy atom. The Kier molecular flexibility index (Phi) is 4.22. The predicted molar refractivity (Wildman–Crippen MR) is 67.1 cm³/mol. The first-order valence-electron chi connectivity index (χ1n) is 5.25. The second-order valence-corrected chi connectivity index (χ2v) is 5.33. The Morgan fingerprint density at radius 2 is 2.05 bits per heavy atom. The van der Waals surface area contributed by atoms with Crippen LogP contribution in [-0.2, 0) is 10.0 Å². The van der Waals surface area contributed by atoms with Crippen LogP contribution in [0.2, 0.25) is 0 Å². The summed E-state index contributed by atoms with van der Waals surface area (Å²) in [5.74, 6) is -0.568. The molecule has 104 valence electrons. The van der Waals surface area contributed by atoms with Crippen LogP contribution in [0.1, 0.15) is 17.3 Å². The van der Waals surface area contributed by atoms with Gasteiger partial charge in [0.2, 0.25) is 10.0 Å². The molecule has 1 aromatic rings. The fourth-order valence-corrected chi connectivity index (χ4v) is 2.13. The van der Waals surface area contributed by atoms with Gasteiger partial charge in [-0.05, 0) is 13.0 Å². The predicted octanol–water partition coefficient (Wildman–Crippen LogP) is 0.334. The number of sulfonamides is 1. The molecule has 0 aliphatic rings. The van der Waals surface area contributed by atoms with Crippen LogP contribution in [-0.4, -0.2) is 37.7 Å². The molecule has 1 aromatic carbocycles. The topological polar surface area (TPSA) is 124 Å². The molecule has 0 spiro atoms. The molecule has 1 rings (SSSR count). The van der Waals surface area contributed by atoms with Gasteiger partial charge < -0.3 is 4.90 Å². The van der Waals surface area contributed by atoms with Gasteiger partial charge in [0, 0.05) is 25.7 Å². The zero-order valence-electron chi connectivity index (χ0n) is 10.4. The molecule has 2 N–H and O–H groups in total. The molecule has 0 atom stereocenters. The summed E-state index contributed by atoms with van der Waals surface area (Å²) in [5, 5.41) is 15.6. The van der Waals surface area contributed by atoms with Gasteiger partial charge >= 0.3 is 0 Å². The Labute approximate surface area is 110 Å². The first kappa shape index (κ1) is 15.1. The summed E-state index contributed by atoms with van der Waals surface area (Å²) in [6.07, 6.45) is 0. The van der Waals surface area contributed by atoms with Crippen molar-refractivity contribution in [1.82, 2.24) is 4.90 Å². The van der Waals surface area contributed by atoms with Crippen LogP contribution in [0.4, 0.5) is 5.69 Å². The number of hydrogen-bond donors (Lipinski definition) is 1. The molecule has 0 aliphatic carbocycles. The third-order valence-corrected chi connectivity index (χ3v) is 3.48. The van der Waals surface area contributed by atoms with Gasteiger partial charge in [-0.25, -0.2) is 13.6 Å². The zero-order valence-corrected chi connectivity index (χ0v) is 11.2. The Hall–Kier alpha value is -2.00. The van der Waals surface area contributed by atoms with Crippen molar-refractivity contribution >= 4 is 21.6 Å². The van der Waals surface area contributed by atoms with Gasteiger partial charge in [0.25, 0.3) is 11.6 Å². The fourth-order valence-electron chi connectivity index (χ4n) is 1.39. The fraction of sp³-hybridized carbons (Fsp3) is 0.300. The minimum Gasteiger partial charge on any atom is -0.342 e. The van der Waals surface area contributed by atoms with Crippen molar-refractivity contribution < 1.29 is 18.1 Å². The monoisotopic (exact) mass is 287 g/mol. The Morgan fingerprint density at radius 1 is 1.47 bits per heavy atom. The molecule has 1 amide bonds. The van der Waals surface area contributed by atoms with Crippen LogP contribution in [0.5, 0.6) is 0 Å². The van der Waals surface area contributed by atoms with Crippen molar-refractivity contribution in [3.8, 4) is 0 Å². The number of non-ortho nitro benzene ring substituents is 1. The van der Waals surface area contributed by atoms with Crippen LogP contribution in [0, 0.1) is 10.1 Å². The summed E-state index contributed by atoms with van der Waals surface area (Å²) in [6.45, 7) is 2.07. The van der Waals surface area contributed by atoms with E-state index < -0.39 is 31.4 Å². The van der Waals surface area contributed by atoms with Crippen LogP contribution in [0.15, 0.2) is 23.1 Å². The average Bonchev–Trinajstić information content (AvgIpc) is 2.35. The molecule has 0 bridgehead atoms. The third-order valence-electron chi connectivity index (χ3n) is 2.53. The quantitative estimate of drug-likeness (QED) is 0.631. The smallest absolute Gasteiger partial charge is 0.270 e. The number of nitro groups is 1. The van der Waals surface area contributed by atoms with Crippen molar-refractivity contribution in [3.05, 3.63) is 33.9 Å². The molecule has 0 saturated heterocycles. The summed E-state index contributed by atoms with van der Waals surface area (Å²) in [4.78, 5) is 22.6. The molecule has 0 unspecified atom stereocenters. The summed E-state index contributed by atoms with van der Waals surface area (Å²) in [5.41, 5.74) is -0.628. The summed E-state index contributed by atoms with van der Waals surface area (Å²) >= 11 is 0. The van der Waals surface area contributed by atoms with Gasteiger partial charge in [-0.3, -0.25) is 14.9 Å². The van der Waals surface area contributed by atoms with E-state index in [0.29, 0.717) is 6.54 Å². The lowest BCUT2D eigenvalue weighted by atomic mass is 10.2. The lowest BCUT2D eigenvalue weighted by Crippen LogP contribution is -2.28. The number of nitrogens with two attached hydrogens (primary N) is 1. The molecule has 8 nitrogen and oxygen atoms in total. The number of nitro benzene ring substituents is 1. The molecular weight excluding hydrogens is 274 g/mol. The van der Waals surface area contributed by atoms with E-state index in [9.17, 15) is 23.3 Å². The van der Waals surface area contributed by atoms with Gasteiger partial charge in [0.15, 0.2) is 0 Å². The number of carbonyl (C=O) groups excluding carboxylic acids is 1. The second kappa shape index (κ2) is 5.33. The van der Waals surface area contributed by atoms with Crippen molar-refractivity contribution in [1.29, 1.82) is 0 Å². The van der Waals surface area contributed by atoms with E-state index in [0.717, 1.165) is 18.2 Å².